The second-order valence-electron chi connectivity index (χ2n) is 7.18. The molecular weight excluding hydrogens is 384 g/mol. The Bertz CT molecular complexity index is 923. The van der Waals surface area contributed by atoms with Gasteiger partial charge < -0.3 is 14.5 Å². The first kappa shape index (κ1) is 19.6. The summed E-state index contributed by atoms with van der Waals surface area (Å²) >= 11 is 1.45. The molecule has 0 spiro atoms. The van der Waals surface area contributed by atoms with Gasteiger partial charge in [-0.3, -0.25) is 4.90 Å². The molecule has 1 aromatic carbocycles. The van der Waals surface area contributed by atoms with Gasteiger partial charge in [-0.05, 0) is 42.0 Å². The lowest BCUT2D eigenvalue weighted by molar-refractivity contribution is -0.00511. The maximum atomic E-state index is 9.07. The molecule has 0 saturated carbocycles. The Kier molecular flexibility index (Phi) is 6.57. The highest BCUT2D eigenvalue weighted by Crippen LogP contribution is 2.21. The van der Waals surface area contributed by atoms with Crippen molar-refractivity contribution in [2.75, 3.05) is 13.1 Å². The number of imidazole rings is 1. The number of hydrogen-bond acceptors (Lipinski definition) is 6. The normalized spacial score (nSPS) is 15.3. The van der Waals surface area contributed by atoms with E-state index in [0.29, 0.717) is 19.3 Å². The lowest BCUT2D eigenvalue weighted by Crippen LogP contribution is -2.36. The molecule has 0 radical (unpaired) electrons. The summed E-state index contributed by atoms with van der Waals surface area (Å²) in [6.45, 7) is 4.06. The average molecular weight is 409 g/mol. The number of nitriles is 1. The molecule has 4 rings (SSSR count). The van der Waals surface area contributed by atoms with Gasteiger partial charge in [-0.25, -0.2) is 4.98 Å². The summed E-state index contributed by atoms with van der Waals surface area (Å²) in [6, 6.07) is 12.4. The summed E-state index contributed by atoms with van der Waals surface area (Å²) in [4.78, 5) is 10.3. The number of nitrogens with zero attached hydrogens (tertiary/aromatic N) is 3. The van der Waals surface area contributed by atoms with Crippen LogP contribution in [0.25, 0.3) is 0 Å². The van der Waals surface area contributed by atoms with Crippen LogP contribution in [0, 0.1) is 11.3 Å². The fraction of sp³-hybridized carbons (Fsp3) is 0.364. The molecule has 6 nitrogen and oxygen atoms in total. The summed E-state index contributed by atoms with van der Waals surface area (Å²) < 4.78 is 11.8. The fourth-order valence-electron chi connectivity index (χ4n) is 3.46. The SMILES string of the molecule is N#Cc1sccc1COc1ccc(CN2CCC(OCc3cnc[nH]3)CC2)cc1. The minimum atomic E-state index is 0.320. The largest absolute Gasteiger partial charge is 0.489 e. The summed E-state index contributed by atoms with van der Waals surface area (Å²) in [5.41, 5.74) is 3.25. The highest BCUT2D eigenvalue weighted by Gasteiger charge is 2.20. The number of aromatic nitrogens is 2. The maximum Gasteiger partial charge on any atom is 0.119 e. The molecule has 2 aromatic heterocycles. The maximum absolute atomic E-state index is 9.07. The third-order valence-electron chi connectivity index (χ3n) is 5.14. The molecule has 1 fully saturated rings. The van der Waals surface area contributed by atoms with Gasteiger partial charge in [0.1, 0.15) is 23.3 Å². The standard InChI is InChI=1S/C22H24N4O2S/c23-11-22-18(7-10-29-22)14-27-20-3-1-17(2-4-20)13-26-8-5-21(6-9-26)28-15-19-12-24-16-25-19/h1-4,7,10,12,16,21H,5-6,8-9,13-15H2,(H,24,25). The number of thiophene rings is 1. The summed E-state index contributed by atoms with van der Waals surface area (Å²) in [5.74, 6) is 0.828. The molecule has 7 heteroatoms. The Balaban J connectivity index is 1.20. The van der Waals surface area contributed by atoms with E-state index in [1.54, 1.807) is 6.33 Å². The van der Waals surface area contributed by atoms with Gasteiger partial charge in [0.05, 0.1) is 30.9 Å². The van der Waals surface area contributed by atoms with Gasteiger partial charge in [-0.1, -0.05) is 12.1 Å². The Labute approximate surface area is 174 Å². The van der Waals surface area contributed by atoms with Crippen LogP contribution in [0.4, 0.5) is 0 Å². The predicted octanol–water partition coefficient (Wildman–Crippen LogP) is 4.10. The van der Waals surface area contributed by atoms with Gasteiger partial charge >= 0.3 is 0 Å². The molecular formula is C22H24N4O2S. The summed E-state index contributed by atoms with van der Waals surface area (Å²) in [5, 5.41) is 11.0. The van der Waals surface area contributed by atoms with Crippen molar-refractivity contribution in [3.05, 3.63) is 69.9 Å². The summed E-state index contributed by atoms with van der Waals surface area (Å²) in [7, 11) is 0. The Morgan fingerprint density at radius 3 is 2.72 bits per heavy atom. The first-order chi connectivity index (χ1) is 14.3. The van der Waals surface area contributed by atoms with Crippen molar-refractivity contribution >= 4 is 11.3 Å². The van der Waals surface area contributed by atoms with Crippen molar-refractivity contribution in [3.63, 3.8) is 0 Å². The highest BCUT2D eigenvalue weighted by molar-refractivity contribution is 7.10. The smallest absolute Gasteiger partial charge is 0.119 e. The second kappa shape index (κ2) is 9.70. The van der Waals surface area contributed by atoms with E-state index in [4.69, 9.17) is 14.7 Å². The molecule has 0 unspecified atom stereocenters. The number of nitrogens with one attached hydrogen (secondary N) is 1. The van der Waals surface area contributed by atoms with Gasteiger partial charge in [-0.2, -0.15) is 5.26 Å². The van der Waals surface area contributed by atoms with E-state index in [2.05, 4.69) is 33.1 Å². The fourth-order valence-corrected chi connectivity index (χ4v) is 4.16. The summed E-state index contributed by atoms with van der Waals surface area (Å²) in [6.07, 6.45) is 5.92. The quantitative estimate of drug-likeness (QED) is 0.607. The van der Waals surface area contributed by atoms with Gasteiger partial charge in [0.25, 0.3) is 0 Å². The predicted molar refractivity (Wildman–Crippen MR) is 111 cm³/mol. The molecule has 3 aromatic rings. The van der Waals surface area contributed by atoms with Gasteiger partial charge in [0.15, 0.2) is 0 Å². The minimum Gasteiger partial charge on any atom is -0.489 e. The lowest BCUT2D eigenvalue weighted by Gasteiger charge is -2.31. The van der Waals surface area contributed by atoms with E-state index in [0.717, 1.165) is 54.4 Å². The van der Waals surface area contributed by atoms with Crippen LogP contribution in [0.2, 0.25) is 0 Å². The molecule has 1 aliphatic heterocycles. The van der Waals surface area contributed by atoms with Crippen molar-refractivity contribution in [2.24, 2.45) is 0 Å². The Hall–Kier alpha value is -2.66. The zero-order valence-electron chi connectivity index (χ0n) is 16.2. The number of rotatable bonds is 8. The van der Waals surface area contributed by atoms with Crippen LogP contribution in [0.5, 0.6) is 5.75 Å². The first-order valence-corrected chi connectivity index (χ1v) is 10.7. The lowest BCUT2D eigenvalue weighted by atomic mass is 10.1. The van der Waals surface area contributed by atoms with Crippen molar-refractivity contribution in [3.8, 4) is 11.8 Å². The highest BCUT2D eigenvalue weighted by atomic mass is 32.1. The average Bonchev–Trinajstić information content (AvgIpc) is 3.44. The second-order valence-corrected chi connectivity index (χ2v) is 8.10. The van der Waals surface area contributed by atoms with E-state index < -0.39 is 0 Å². The van der Waals surface area contributed by atoms with Crippen LogP contribution in [0.3, 0.4) is 0 Å². The van der Waals surface area contributed by atoms with Crippen LogP contribution in [0.15, 0.2) is 48.2 Å². The molecule has 29 heavy (non-hydrogen) atoms. The molecule has 0 amide bonds. The Morgan fingerprint density at radius 2 is 2.00 bits per heavy atom. The molecule has 1 saturated heterocycles. The van der Waals surface area contributed by atoms with E-state index in [-0.39, 0.29) is 0 Å². The zero-order valence-corrected chi connectivity index (χ0v) is 17.0. The van der Waals surface area contributed by atoms with Crippen LogP contribution < -0.4 is 4.74 Å². The van der Waals surface area contributed by atoms with Gasteiger partial charge in [0, 0.05) is 25.2 Å². The first-order valence-electron chi connectivity index (χ1n) is 9.79. The number of benzene rings is 1. The third-order valence-corrected chi connectivity index (χ3v) is 6.00. The van der Waals surface area contributed by atoms with Crippen molar-refractivity contribution in [1.29, 1.82) is 5.26 Å². The number of likely N-dealkylation sites (tertiary alicyclic amines) is 1. The van der Waals surface area contributed by atoms with E-state index in [1.165, 1.54) is 16.9 Å². The van der Waals surface area contributed by atoms with E-state index in [9.17, 15) is 0 Å². The molecule has 150 valence electrons. The molecule has 1 N–H and O–H groups in total. The van der Waals surface area contributed by atoms with Crippen LogP contribution in [-0.2, 0) is 24.5 Å². The van der Waals surface area contributed by atoms with Crippen LogP contribution >= 0.6 is 11.3 Å². The molecule has 0 aliphatic carbocycles. The number of aromatic amines is 1. The van der Waals surface area contributed by atoms with E-state index >= 15 is 0 Å². The molecule has 3 heterocycles. The van der Waals surface area contributed by atoms with Crippen molar-refractivity contribution in [2.45, 2.75) is 38.7 Å². The van der Waals surface area contributed by atoms with Crippen LogP contribution in [0.1, 0.15) is 34.5 Å². The zero-order chi connectivity index (χ0) is 19.9. The number of H-pyrrole nitrogens is 1. The Morgan fingerprint density at radius 1 is 1.17 bits per heavy atom. The number of ether oxygens (including phenoxy) is 2. The molecule has 0 bridgehead atoms. The van der Waals surface area contributed by atoms with E-state index in [1.807, 2.05) is 29.8 Å². The van der Waals surface area contributed by atoms with Gasteiger partial charge in [0.2, 0.25) is 0 Å². The van der Waals surface area contributed by atoms with Crippen LogP contribution in [-0.4, -0.2) is 34.1 Å². The van der Waals surface area contributed by atoms with Gasteiger partial charge in [-0.15, -0.1) is 11.3 Å². The third kappa shape index (κ3) is 5.45. The number of hydrogen-bond donors (Lipinski definition) is 1. The monoisotopic (exact) mass is 408 g/mol. The molecule has 1 aliphatic rings. The van der Waals surface area contributed by atoms with Crippen molar-refractivity contribution < 1.29 is 9.47 Å². The number of piperidine rings is 1. The minimum absolute atomic E-state index is 0.320. The topological polar surface area (TPSA) is 74.2 Å². The molecule has 0 atom stereocenters. The van der Waals surface area contributed by atoms with Crippen molar-refractivity contribution in [1.82, 2.24) is 14.9 Å².